The number of rotatable bonds is 6. The fourth-order valence-electron chi connectivity index (χ4n) is 3.52. The first-order chi connectivity index (χ1) is 14.2. The second kappa shape index (κ2) is 8.75. The topological polar surface area (TPSA) is 100 Å². The number of piperazine rings is 1. The van der Waals surface area contributed by atoms with Crippen LogP contribution < -0.4 is 5.56 Å². The Labute approximate surface area is 173 Å². The van der Waals surface area contributed by atoms with Crippen LogP contribution in [0.2, 0.25) is 0 Å². The summed E-state index contributed by atoms with van der Waals surface area (Å²) in [5, 5.41) is 4.89. The van der Waals surface area contributed by atoms with Crippen LogP contribution in [0.5, 0.6) is 0 Å². The first-order valence-electron chi connectivity index (χ1n) is 9.63. The van der Waals surface area contributed by atoms with Crippen molar-refractivity contribution < 1.29 is 4.79 Å². The van der Waals surface area contributed by atoms with Gasteiger partial charge in [0.25, 0.3) is 5.56 Å². The Kier molecular flexibility index (Phi) is 5.91. The predicted octanol–water partition coefficient (Wildman–Crippen LogP) is 0.510. The first-order valence-corrected chi connectivity index (χ1v) is 10.3. The molecule has 1 aliphatic rings. The summed E-state index contributed by atoms with van der Waals surface area (Å²) in [6, 6.07) is 1.65. The van der Waals surface area contributed by atoms with E-state index in [0.717, 1.165) is 44.7 Å². The molecule has 0 aromatic carbocycles. The summed E-state index contributed by atoms with van der Waals surface area (Å²) in [4.78, 5) is 39.4. The summed E-state index contributed by atoms with van der Waals surface area (Å²) in [6.07, 6.45) is 8.07. The molecule has 0 radical (unpaired) electrons. The molecule has 1 N–H and O–H groups in total. The van der Waals surface area contributed by atoms with Crippen molar-refractivity contribution in [1.82, 2.24) is 34.5 Å². The summed E-state index contributed by atoms with van der Waals surface area (Å²) in [7, 11) is 0. The maximum absolute atomic E-state index is 12.0. The van der Waals surface area contributed by atoms with Gasteiger partial charge in [0.05, 0.1) is 17.9 Å². The third-order valence-electron chi connectivity index (χ3n) is 5.16. The monoisotopic (exact) mass is 413 g/mol. The summed E-state index contributed by atoms with van der Waals surface area (Å²) in [6.45, 7) is 4.20. The Balaban J connectivity index is 1.38. The van der Waals surface area contributed by atoms with Gasteiger partial charge in [0, 0.05) is 51.5 Å². The fourth-order valence-corrected chi connectivity index (χ4v) is 3.71. The van der Waals surface area contributed by atoms with E-state index in [9.17, 15) is 9.59 Å². The predicted molar refractivity (Wildman–Crippen MR) is 112 cm³/mol. The minimum absolute atomic E-state index is 0.191. The van der Waals surface area contributed by atoms with E-state index in [4.69, 9.17) is 0 Å². The van der Waals surface area contributed by atoms with Crippen molar-refractivity contribution in [1.29, 1.82) is 0 Å². The number of amides is 1. The van der Waals surface area contributed by atoms with Crippen LogP contribution in [0.1, 0.15) is 12.0 Å². The van der Waals surface area contributed by atoms with Crippen molar-refractivity contribution in [2.75, 3.05) is 38.5 Å². The zero-order valence-corrected chi connectivity index (χ0v) is 16.9. The van der Waals surface area contributed by atoms with Crippen LogP contribution in [0.4, 0.5) is 0 Å². The fraction of sp³-hybridized carbons (Fsp3) is 0.421. The van der Waals surface area contributed by atoms with Crippen molar-refractivity contribution in [3.63, 3.8) is 0 Å². The van der Waals surface area contributed by atoms with Crippen LogP contribution in [0.15, 0.2) is 35.8 Å². The van der Waals surface area contributed by atoms with E-state index in [-0.39, 0.29) is 11.5 Å². The lowest BCUT2D eigenvalue weighted by molar-refractivity contribution is -0.132. The lowest BCUT2D eigenvalue weighted by Crippen LogP contribution is -2.49. The zero-order chi connectivity index (χ0) is 20.2. The molecule has 0 atom stereocenters. The molecule has 0 spiro atoms. The van der Waals surface area contributed by atoms with Crippen molar-refractivity contribution >= 4 is 29.4 Å². The highest BCUT2D eigenvalue weighted by Crippen LogP contribution is 2.15. The number of nitrogens with one attached hydrogen (secondary N) is 1. The number of carbonyl (C=O) groups is 1. The van der Waals surface area contributed by atoms with Crippen LogP contribution in [-0.4, -0.2) is 78.9 Å². The largest absolute Gasteiger partial charge is 0.340 e. The molecule has 1 amide bonds. The third-order valence-corrected chi connectivity index (χ3v) is 5.38. The normalized spacial score (nSPS) is 15.1. The lowest BCUT2D eigenvalue weighted by atomic mass is 10.2. The molecule has 29 heavy (non-hydrogen) atoms. The molecular weight excluding hydrogens is 390 g/mol. The molecule has 0 saturated carbocycles. The molecule has 1 saturated heterocycles. The third kappa shape index (κ3) is 4.33. The molecule has 10 heteroatoms. The van der Waals surface area contributed by atoms with Crippen LogP contribution in [0.25, 0.3) is 16.7 Å². The molecule has 0 bridgehead atoms. The molecular formula is C19H23N7O2S. The van der Waals surface area contributed by atoms with Gasteiger partial charge in [-0.3, -0.25) is 14.5 Å². The molecule has 0 unspecified atom stereocenters. The van der Waals surface area contributed by atoms with Crippen molar-refractivity contribution in [2.45, 2.75) is 12.8 Å². The Morgan fingerprint density at radius 3 is 2.83 bits per heavy atom. The van der Waals surface area contributed by atoms with Gasteiger partial charge < -0.3 is 9.88 Å². The van der Waals surface area contributed by atoms with E-state index in [1.165, 1.54) is 6.33 Å². The number of hydrogen-bond donors (Lipinski definition) is 2. The second-order valence-electron chi connectivity index (χ2n) is 7.00. The van der Waals surface area contributed by atoms with Gasteiger partial charge in [0.1, 0.15) is 5.52 Å². The molecule has 3 aromatic rings. The summed E-state index contributed by atoms with van der Waals surface area (Å²) >= 11 is 4.13. The SMILES string of the molecule is O=C(CCS)N1CCN(CCc2cnn(-c3nccc4c(=O)[nH]cnc34)c2)CC1. The minimum atomic E-state index is -0.196. The average molecular weight is 414 g/mol. The smallest absolute Gasteiger partial charge is 0.258 e. The molecule has 1 aliphatic heterocycles. The van der Waals surface area contributed by atoms with Crippen molar-refractivity contribution in [3.8, 4) is 5.82 Å². The van der Waals surface area contributed by atoms with Crippen LogP contribution >= 0.6 is 12.6 Å². The molecule has 0 aliphatic carbocycles. The van der Waals surface area contributed by atoms with Crippen LogP contribution in [0, 0.1) is 0 Å². The van der Waals surface area contributed by atoms with Gasteiger partial charge in [-0.15, -0.1) is 0 Å². The highest BCUT2D eigenvalue weighted by Gasteiger charge is 2.20. The van der Waals surface area contributed by atoms with Gasteiger partial charge >= 0.3 is 0 Å². The number of fused-ring (bicyclic) bond motifs is 1. The number of nitrogens with zero attached hydrogens (tertiary/aromatic N) is 6. The molecule has 3 aromatic heterocycles. The average Bonchev–Trinajstić information content (AvgIpc) is 3.22. The maximum atomic E-state index is 12.0. The van der Waals surface area contributed by atoms with Crippen LogP contribution in [0.3, 0.4) is 0 Å². The minimum Gasteiger partial charge on any atom is -0.340 e. The van der Waals surface area contributed by atoms with Gasteiger partial charge in [0.2, 0.25) is 5.91 Å². The Bertz CT molecular complexity index is 1060. The number of H-pyrrole nitrogens is 1. The number of hydrogen-bond acceptors (Lipinski definition) is 7. The zero-order valence-electron chi connectivity index (χ0n) is 16.0. The van der Waals surface area contributed by atoms with Gasteiger partial charge in [-0.25, -0.2) is 14.6 Å². The van der Waals surface area contributed by atoms with E-state index in [2.05, 4.69) is 37.6 Å². The van der Waals surface area contributed by atoms with Gasteiger partial charge in [0.15, 0.2) is 5.82 Å². The number of pyridine rings is 1. The Morgan fingerprint density at radius 2 is 2.03 bits per heavy atom. The van der Waals surface area contributed by atoms with Gasteiger partial charge in [-0.05, 0) is 23.8 Å². The van der Waals surface area contributed by atoms with Gasteiger partial charge in [-0.1, -0.05) is 0 Å². The van der Waals surface area contributed by atoms with E-state index in [1.54, 1.807) is 16.9 Å². The molecule has 152 valence electrons. The van der Waals surface area contributed by atoms with Gasteiger partial charge in [-0.2, -0.15) is 17.7 Å². The van der Waals surface area contributed by atoms with Crippen molar-refractivity contribution in [3.05, 3.63) is 46.9 Å². The Morgan fingerprint density at radius 1 is 1.21 bits per heavy atom. The highest BCUT2D eigenvalue weighted by atomic mass is 32.1. The van der Waals surface area contributed by atoms with E-state index in [1.807, 2.05) is 17.3 Å². The molecule has 1 fully saturated rings. The summed E-state index contributed by atoms with van der Waals surface area (Å²) in [5.41, 5.74) is 1.41. The summed E-state index contributed by atoms with van der Waals surface area (Å²) in [5.74, 6) is 1.32. The maximum Gasteiger partial charge on any atom is 0.258 e. The van der Waals surface area contributed by atoms with Crippen LogP contribution in [-0.2, 0) is 11.2 Å². The number of aromatic nitrogens is 5. The number of carbonyl (C=O) groups excluding carboxylic acids is 1. The standard InChI is InChI=1S/C19H23N7O2S/c27-16(3-10-29)25-8-6-24(7-9-25)5-2-14-11-23-26(12-14)18-17-15(1-4-20-18)19(28)22-13-21-17/h1,4,11-13,29H,2-3,5-10H2,(H,21,22,28). The summed E-state index contributed by atoms with van der Waals surface area (Å²) < 4.78 is 1.66. The quantitative estimate of drug-likeness (QED) is 0.571. The highest BCUT2D eigenvalue weighted by molar-refractivity contribution is 7.80. The van der Waals surface area contributed by atoms with E-state index >= 15 is 0 Å². The van der Waals surface area contributed by atoms with E-state index < -0.39 is 0 Å². The number of thiol groups is 1. The molecule has 4 rings (SSSR count). The second-order valence-corrected chi connectivity index (χ2v) is 7.45. The Hall–Kier alpha value is -2.72. The van der Waals surface area contributed by atoms with E-state index in [0.29, 0.717) is 28.9 Å². The number of aromatic amines is 1. The molecule has 4 heterocycles. The first kappa shape index (κ1) is 19.6. The van der Waals surface area contributed by atoms with Crippen molar-refractivity contribution in [2.24, 2.45) is 0 Å². The molecule has 9 nitrogen and oxygen atoms in total. The lowest BCUT2D eigenvalue weighted by Gasteiger charge is -2.34.